The summed E-state index contributed by atoms with van der Waals surface area (Å²) in [5, 5.41) is 17.8. The molecule has 0 atom stereocenters. The van der Waals surface area contributed by atoms with Crippen LogP contribution in [0.5, 0.6) is 0 Å². The van der Waals surface area contributed by atoms with Gasteiger partial charge in [0.05, 0.1) is 40.1 Å². The van der Waals surface area contributed by atoms with Crippen molar-refractivity contribution in [3.8, 4) is 0 Å². The van der Waals surface area contributed by atoms with Gasteiger partial charge in [0, 0.05) is 33.3 Å². The lowest BCUT2D eigenvalue weighted by Gasteiger charge is -2.09. The summed E-state index contributed by atoms with van der Waals surface area (Å²) in [5.74, 6) is -0.612. The largest absolute Gasteiger partial charge is 0.323 e. The summed E-state index contributed by atoms with van der Waals surface area (Å²) < 4.78 is 5.59. The van der Waals surface area contributed by atoms with Crippen LogP contribution in [0.1, 0.15) is 22.6 Å². The van der Waals surface area contributed by atoms with Crippen molar-refractivity contribution < 1.29 is 9.59 Å². The summed E-state index contributed by atoms with van der Waals surface area (Å²) in [5.41, 5.74) is 2.03. The fourth-order valence-electron chi connectivity index (χ4n) is 2.49. The Kier molecular flexibility index (Phi) is 5.40. The molecule has 27 heavy (non-hydrogen) atoms. The number of anilines is 2. The first-order valence-electron chi connectivity index (χ1n) is 8.15. The fourth-order valence-corrected chi connectivity index (χ4v) is 2.82. The highest BCUT2D eigenvalue weighted by molar-refractivity contribution is 9.10. The molecule has 0 fully saturated rings. The zero-order chi connectivity index (χ0) is 19.6. The molecule has 0 aliphatic rings. The highest BCUT2D eigenvalue weighted by Crippen LogP contribution is 2.19. The molecule has 0 bridgehead atoms. The van der Waals surface area contributed by atoms with Crippen molar-refractivity contribution in [3.05, 3.63) is 40.6 Å². The number of aromatic nitrogens is 6. The third-order valence-corrected chi connectivity index (χ3v) is 4.49. The van der Waals surface area contributed by atoms with Crippen molar-refractivity contribution in [1.29, 1.82) is 0 Å². The molecule has 0 aliphatic heterocycles. The second-order valence-corrected chi connectivity index (χ2v) is 6.89. The molecule has 0 saturated carbocycles. The van der Waals surface area contributed by atoms with Gasteiger partial charge in [-0.1, -0.05) is 0 Å². The van der Waals surface area contributed by atoms with Gasteiger partial charge in [0.1, 0.15) is 5.69 Å². The minimum atomic E-state index is -0.377. The van der Waals surface area contributed by atoms with Crippen molar-refractivity contribution in [2.45, 2.75) is 19.9 Å². The van der Waals surface area contributed by atoms with Gasteiger partial charge in [0.2, 0.25) is 5.91 Å². The van der Waals surface area contributed by atoms with E-state index in [0.29, 0.717) is 17.9 Å². The van der Waals surface area contributed by atoms with E-state index in [-0.39, 0.29) is 23.9 Å². The number of nitrogens with one attached hydrogen (secondary N) is 2. The number of amides is 2. The summed E-state index contributed by atoms with van der Waals surface area (Å²) in [7, 11) is 3.43. The molecule has 142 valence electrons. The van der Waals surface area contributed by atoms with Gasteiger partial charge in [-0.15, -0.1) is 0 Å². The van der Waals surface area contributed by atoms with Crippen LogP contribution in [0, 0.1) is 6.92 Å². The Morgan fingerprint density at radius 2 is 1.74 bits per heavy atom. The number of hydrogen-bond acceptors (Lipinski definition) is 5. The topological polar surface area (TPSA) is 112 Å². The van der Waals surface area contributed by atoms with Gasteiger partial charge >= 0.3 is 0 Å². The van der Waals surface area contributed by atoms with Gasteiger partial charge in [-0.25, -0.2) is 0 Å². The molecule has 10 nitrogen and oxygen atoms in total. The van der Waals surface area contributed by atoms with Crippen LogP contribution in [0.2, 0.25) is 0 Å². The molecule has 3 heterocycles. The molecule has 0 radical (unpaired) electrons. The molecule has 0 spiro atoms. The summed E-state index contributed by atoms with van der Waals surface area (Å²) >= 11 is 3.31. The Hall–Kier alpha value is -2.95. The van der Waals surface area contributed by atoms with Gasteiger partial charge in [0.25, 0.3) is 5.91 Å². The second kappa shape index (κ2) is 7.74. The van der Waals surface area contributed by atoms with Crippen molar-refractivity contribution >= 4 is 39.1 Å². The van der Waals surface area contributed by atoms with Crippen molar-refractivity contribution in [2.75, 3.05) is 10.6 Å². The van der Waals surface area contributed by atoms with E-state index in [4.69, 9.17) is 0 Å². The molecule has 0 aromatic carbocycles. The molecule has 0 unspecified atom stereocenters. The Bertz CT molecular complexity index is 987. The zero-order valence-electron chi connectivity index (χ0n) is 15.1. The van der Waals surface area contributed by atoms with Gasteiger partial charge < -0.3 is 10.6 Å². The monoisotopic (exact) mass is 434 g/mol. The summed E-state index contributed by atoms with van der Waals surface area (Å²) in [6, 6.07) is 0. The van der Waals surface area contributed by atoms with Gasteiger partial charge in [-0.05, 0) is 22.9 Å². The average molecular weight is 435 g/mol. The lowest BCUT2D eigenvalue weighted by atomic mass is 10.3. The number of carbonyl (C=O) groups is 2. The molecule has 0 saturated heterocycles. The van der Waals surface area contributed by atoms with Crippen molar-refractivity contribution in [2.24, 2.45) is 14.1 Å². The highest BCUT2D eigenvalue weighted by Gasteiger charge is 2.20. The second-order valence-electron chi connectivity index (χ2n) is 5.97. The smallest absolute Gasteiger partial charge is 0.276 e. The van der Waals surface area contributed by atoms with Crippen LogP contribution in [0.15, 0.2) is 29.3 Å². The maximum absolute atomic E-state index is 12.7. The zero-order valence-corrected chi connectivity index (χ0v) is 16.7. The number of carbonyl (C=O) groups excluding carboxylic acids is 2. The Balaban J connectivity index is 1.67. The van der Waals surface area contributed by atoms with Crippen LogP contribution in [0.25, 0.3) is 0 Å². The Morgan fingerprint density at radius 1 is 1.04 bits per heavy atom. The third-order valence-electron chi connectivity index (χ3n) is 4.08. The molecule has 2 amide bonds. The van der Waals surface area contributed by atoms with E-state index >= 15 is 0 Å². The maximum Gasteiger partial charge on any atom is 0.276 e. The van der Waals surface area contributed by atoms with Crippen LogP contribution in [0.3, 0.4) is 0 Å². The van der Waals surface area contributed by atoms with E-state index < -0.39 is 0 Å². The molecule has 3 aromatic heterocycles. The number of nitrogens with zero attached hydrogens (tertiary/aromatic N) is 6. The SMILES string of the molecule is Cc1c(NC(=O)c2c(NC(=O)CCn3cc(Br)cn3)cnn2C)cnn1C. The molecule has 11 heteroatoms. The van der Waals surface area contributed by atoms with Gasteiger partial charge in [0.15, 0.2) is 0 Å². The number of rotatable bonds is 6. The standard InChI is InChI=1S/C16H19BrN8O2/c1-10-12(7-18-23(10)2)22-16(27)15-13(8-19-24(15)3)21-14(26)4-5-25-9-11(17)6-20-25/h6-9H,4-5H2,1-3H3,(H,21,26)(H,22,27). The van der Waals surface area contributed by atoms with Crippen molar-refractivity contribution in [3.63, 3.8) is 0 Å². The van der Waals surface area contributed by atoms with E-state index in [1.165, 1.54) is 10.9 Å². The van der Waals surface area contributed by atoms with E-state index in [1.54, 1.807) is 42.0 Å². The Morgan fingerprint density at radius 3 is 2.37 bits per heavy atom. The van der Waals surface area contributed by atoms with Crippen molar-refractivity contribution in [1.82, 2.24) is 29.3 Å². The highest BCUT2D eigenvalue weighted by atomic mass is 79.9. The van der Waals surface area contributed by atoms with Crippen LogP contribution < -0.4 is 10.6 Å². The molecular weight excluding hydrogens is 416 g/mol. The average Bonchev–Trinajstić information content (AvgIpc) is 3.29. The molecule has 0 aliphatic carbocycles. The summed E-state index contributed by atoms with van der Waals surface area (Å²) in [6.45, 7) is 2.27. The molecule has 3 rings (SSSR count). The predicted octanol–water partition coefficient (Wildman–Crippen LogP) is 1.70. The number of aryl methyl sites for hydroxylation is 3. The lowest BCUT2D eigenvalue weighted by molar-refractivity contribution is -0.116. The first-order chi connectivity index (χ1) is 12.8. The number of halogens is 1. The predicted molar refractivity (Wildman–Crippen MR) is 102 cm³/mol. The summed E-state index contributed by atoms with van der Waals surface area (Å²) in [4.78, 5) is 24.9. The third kappa shape index (κ3) is 4.25. The molecular formula is C16H19BrN8O2. The normalized spacial score (nSPS) is 10.8. The summed E-state index contributed by atoms with van der Waals surface area (Å²) in [6.07, 6.45) is 6.68. The van der Waals surface area contributed by atoms with Crippen LogP contribution in [0.4, 0.5) is 11.4 Å². The van der Waals surface area contributed by atoms with Gasteiger partial charge in [-0.3, -0.25) is 23.6 Å². The molecule has 3 aromatic rings. The van der Waals surface area contributed by atoms with E-state index in [2.05, 4.69) is 41.9 Å². The van der Waals surface area contributed by atoms with E-state index in [9.17, 15) is 9.59 Å². The fraction of sp³-hybridized carbons (Fsp3) is 0.312. The van der Waals surface area contributed by atoms with Gasteiger partial charge in [-0.2, -0.15) is 15.3 Å². The first-order valence-corrected chi connectivity index (χ1v) is 8.94. The maximum atomic E-state index is 12.7. The van der Waals surface area contributed by atoms with Crippen LogP contribution >= 0.6 is 15.9 Å². The lowest BCUT2D eigenvalue weighted by Crippen LogP contribution is -2.21. The minimum absolute atomic E-state index is 0.214. The quantitative estimate of drug-likeness (QED) is 0.612. The minimum Gasteiger partial charge on any atom is -0.323 e. The van der Waals surface area contributed by atoms with E-state index in [1.807, 2.05) is 6.92 Å². The van der Waals surface area contributed by atoms with Crippen LogP contribution in [-0.4, -0.2) is 41.2 Å². The number of hydrogen-bond donors (Lipinski definition) is 2. The first kappa shape index (κ1) is 18.8. The van der Waals surface area contributed by atoms with E-state index in [0.717, 1.165) is 10.2 Å². The van der Waals surface area contributed by atoms with Crippen LogP contribution in [-0.2, 0) is 25.4 Å². The molecule has 2 N–H and O–H groups in total. The Labute approximate surface area is 163 Å².